The summed E-state index contributed by atoms with van der Waals surface area (Å²) < 4.78 is 1.42. The fraction of sp³-hybridized carbons (Fsp3) is 1.00. The van der Waals surface area contributed by atoms with Gasteiger partial charge in [0.2, 0.25) is 0 Å². The standard InChI is InChI=1S/C16H36N.C2H8N2/c1-5-9-13-17(14-10-6-2,15-11-7-3)16-12-8-4;3-1-2-4/h5-16H2,1-4H3;1-4H2/q+1;. The molecule has 4 N–H and O–H groups in total. The van der Waals surface area contributed by atoms with Gasteiger partial charge in [-0.05, 0) is 25.7 Å². The summed E-state index contributed by atoms with van der Waals surface area (Å²) in [7, 11) is 0. The first-order valence-corrected chi connectivity index (χ1v) is 9.41. The number of nitrogens with zero attached hydrogens (tertiary/aromatic N) is 1. The van der Waals surface area contributed by atoms with Crippen LogP contribution in [0.3, 0.4) is 0 Å². The molecule has 0 saturated heterocycles. The van der Waals surface area contributed by atoms with Crippen molar-refractivity contribution in [1.29, 1.82) is 0 Å². The SMILES string of the molecule is CCCC[N+](CCCC)(CCCC)CCCC.NCCN. The Morgan fingerprint density at radius 2 is 0.762 bits per heavy atom. The van der Waals surface area contributed by atoms with Gasteiger partial charge in [0.1, 0.15) is 0 Å². The molecule has 3 nitrogen and oxygen atoms in total. The van der Waals surface area contributed by atoms with Gasteiger partial charge in [0.05, 0.1) is 26.2 Å². The Bertz CT molecular complexity index is 144. The van der Waals surface area contributed by atoms with E-state index < -0.39 is 0 Å². The van der Waals surface area contributed by atoms with Crippen LogP contribution in [0.1, 0.15) is 79.1 Å². The minimum atomic E-state index is 0.597. The number of rotatable bonds is 13. The molecular weight excluding hydrogens is 258 g/mol. The van der Waals surface area contributed by atoms with Crippen LogP contribution in [0.2, 0.25) is 0 Å². The zero-order valence-corrected chi connectivity index (χ0v) is 15.5. The van der Waals surface area contributed by atoms with Crippen LogP contribution in [-0.4, -0.2) is 43.8 Å². The van der Waals surface area contributed by atoms with E-state index in [1.165, 1.54) is 82.0 Å². The lowest BCUT2D eigenvalue weighted by Crippen LogP contribution is -2.50. The van der Waals surface area contributed by atoms with Gasteiger partial charge >= 0.3 is 0 Å². The predicted molar refractivity (Wildman–Crippen MR) is 97.5 cm³/mol. The molecule has 0 bridgehead atoms. The van der Waals surface area contributed by atoms with E-state index in [0.717, 1.165) is 0 Å². The Labute approximate surface area is 135 Å². The van der Waals surface area contributed by atoms with Gasteiger partial charge < -0.3 is 16.0 Å². The average Bonchev–Trinajstić information content (AvgIpc) is 2.53. The first kappa shape index (κ1) is 23.2. The van der Waals surface area contributed by atoms with Gasteiger partial charge in [-0.2, -0.15) is 0 Å². The normalized spacial score (nSPS) is 11.1. The summed E-state index contributed by atoms with van der Waals surface area (Å²) in [6.07, 6.45) is 11.1. The summed E-state index contributed by atoms with van der Waals surface area (Å²) in [6.45, 7) is 16.2. The summed E-state index contributed by atoms with van der Waals surface area (Å²) in [5.74, 6) is 0. The van der Waals surface area contributed by atoms with Crippen molar-refractivity contribution in [2.45, 2.75) is 79.1 Å². The van der Waals surface area contributed by atoms with Gasteiger partial charge in [0.15, 0.2) is 0 Å². The molecule has 0 saturated carbocycles. The van der Waals surface area contributed by atoms with Crippen LogP contribution in [0.15, 0.2) is 0 Å². The molecule has 0 fully saturated rings. The second kappa shape index (κ2) is 17.9. The molecule has 0 aromatic rings. The zero-order valence-electron chi connectivity index (χ0n) is 15.5. The topological polar surface area (TPSA) is 52.0 Å². The van der Waals surface area contributed by atoms with Crippen molar-refractivity contribution in [2.24, 2.45) is 11.5 Å². The van der Waals surface area contributed by atoms with Crippen LogP contribution < -0.4 is 11.5 Å². The lowest BCUT2D eigenvalue weighted by atomic mass is 10.1. The molecule has 21 heavy (non-hydrogen) atoms. The van der Waals surface area contributed by atoms with Crippen molar-refractivity contribution in [1.82, 2.24) is 0 Å². The van der Waals surface area contributed by atoms with E-state index in [9.17, 15) is 0 Å². The first-order valence-electron chi connectivity index (χ1n) is 9.41. The van der Waals surface area contributed by atoms with Crippen molar-refractivity contribution >= 4 is 0 Å². The number of hydrogen-bond donors (Lipinski definition) is 2. The van der Waals surface area contributed by atoms with E-state index in [4.69, 9.17) is 11.5 Å². The number of nitrogens with two attached hydrogens (primary N) is 2. The molecule has 0 aromatic heterocycles. The lowest BCUT2D eigenvalue weighted by molar-refractivity contribution is -0.929. The molecule has 0 amide bonds. The molecule has 0 aromatic carbocycles. The molecule has 0 radical (unpaired) electrons. The average molecular weight is 303 g/mol. The molecule has 0 heterocycles. The van der Waals surface area contributed by atoms with Gasteiger partial charge in [-0.25, -0.2) is 0 Å². The van der Waals surface area contributed by atoms with E-state index in [0.29, 0.717) is 13.1 Å². The van der Waals surface area contributed by atoms with Crippen LogP contribution >= 0.6 is 0 Å². The minimum absolute atomic E-state index is 0.597. The fourth-order valence-corrected chi connectivity index (χ4v) is 2.64. The maximum absolute atomic E-state index is 4.90. The second-order valence-corrected chi connectivity index (χ2v) is 6.23. The monoisotopic (exact) mass is 302 g/mol. The Morgan fingerprint density at radius 1 is 0.524 bits per heavy atom. The maximum atomic E-state index is 4.90. The summed E-state index contributed by atoms with van der Waals surface area (Å²) in [4.78, 5) is 0. The quantitative estimate of drug-likeness (QED) is 0.507. The molecular formula is C18H44N3+. The molecule has 130 valence electrons. The van der Waals surface area contributed by atoms with Crippen molar-refractivity contribution in [2.75, 3.05) is 39.3 Å². The molecule has 0 unspecified atom stereocenters. The smallest absolute Gasteiger partial charge is 0.0786 e. The summed E-state index contributed by atoms with van der Waals surface area (Å²) in [5, 5.41) is 0. The maximum Gasteiger partial charge on any atom is 0.0786 e. The van der Waals surface area contributed by atoms with Gasteiger partial charge in [-0.3, -0.25) is 0 Å². The van der Waals surface area contributed by atoms with Crippen molar-refractivity contribution in [3.63, 3.8) is 0 Å². The minimum Gasteiger partial charge on any atom is -0.329 e. The molecule has 0 aliphatic heterocycles. The Morgan fingerprint density at radius 3 is 0.905 bits per heavy atom. The number of quaternary nitrogens is 1. The summed E-state index contributed by atoms with van der Waals surface area (Å²) in [5.41, 5.74) is 9.81. The van der Waals surface area contributed by atoms with Crippen LogP contribution in [-0.2, 0) is 0 Å². The molecule has 0 spiro atoms. The third-order valence-electron chi connectivity index (χ3n) is 4.11. The van der Waals surface area contributed by atoms with Gasteiger partial charge in [0.25, 0.3) is 0 Å². The molecule has 0 aliphatic carbocycles. The highest BCUT2D eigenvalue weighted by Gasteiger charge is 2.24. The van der Waals surface area contributed by atoms with E-state index in [-0.39, 0.29) is 0 Å². The van der Waals surface area contributed by atoms with Crippen LogP contribution in [0.4, 0.5) is 0 Å². The van der Waals surface area contributed by atoms with Gasteiger partial charge in [0, 0.05) is 13.1 Å². The van der Waals surface area contributed by atoms with Crippen molar-refractivity contribution in [3.8, 4) is 0 Å². The fourth-order valence-electron chi connectivity index (χ4n) is 2.64. The molecule has 0 rings (SSSR count). The number of unbranched alkanes of at least 4 members (excludes halogenated alkanes) is 4. The molecule has 3 heteroatoms. The highest BCUT2D eigenvalue weighted by molar-refractivity contribution is 4.49. The van der Waals surface area contributed by atoms with E-state index in [1.54, 1.807) is 0 Å². The highest BCUT2D eigenvalue weighted by Crippen LogP contribution is 2.16. The highest BCUT2D eigenvalue weighted by atomic mass is 15.3. The Hall–Kier alpha value is -0.120. The number of hydrogen-bond acceptors (Lipinski definition) is 2. The van der Waals surface area contributed by atoms with E-state index in [2.05, 4.69) is 27.7 Å². The third-order valence-corrected chi connectivity index (χ3v) is 4.11. The van der Waals surface area contributed by atoms with Gasteiger partial charge in [-0.1, -0.05) is 53.4 Å². The van der Waals surface area contributed by atoms with Crippen LogP contribution in [0.25, 0.3) is 0 Å². The summed E-state index contributed by atoms with van der Waals surface area (Å²) in [6, 6.07) is 0. The first-order chi connectivity index (χ1) is 10.2. The van der Waals surface area contributed by atoms with Crippen LogP contribution in [0.5, 0.6) is 0 Å². The predicted octanol–water partition coefficient (Wildman–Crippen LogP) is 3.91. The van der Waals surface area contributed by atoms with E-state index in [1.807, 2.05) is 0 Å². The van der Waals surface area contributed by atoms with Crippen LogP contribution in [0, 0.1) is 0 Å². The molecule has 0 atom stereocenters. The lowest BCUT2D eigenvalue weighted by Gasteiger charge is -2.39. The second-order valence-electron chi connectivity index (χ2n) is 6.23. The van der Waals surface area contributed by atoms with Crippen molar-refractivity contribution in [3.05, 3.63) is 0 Å². The van der Waals surface area contributed by atoms with Gasteiger partial charge in [-0.15, -0.1) is 0 Å². The third kappa shape index (κ3) is 14.6. The Balaban J connectivity index is 0. The van der Waals surface area contributed by atoms with E-state index >= 15 is 0 Å². The molecule has 0 aliphatic rings. The van der Waals surface area contributed by atoms with Crippen molar-refractivity contribution < 1.29 is 4.48 Å². The largest absolute Gasteiger partial charge is 0.329 e. The Kier molecular flexibility index (Phi) is 19.8. The summed E-state index contributed by atoms with van der Waals surface area (Å²) >= 11 is 0. The zero-order chi connectivity index (χ0) is 16.4.